The van der Waals surface area contributed by atoms with E-state index < -0.39 is 0 Å². The molecule has 0 aromatic carbocycles. The summed E-state index contributed by atoms with van der Waals surface area (Å²) in [6.07, 6.45) is 5.21. The third-order valence-electron chi connectivity index (χ3n) is 4.00. The Bertz CT molecular complexity index is 629. The van der Waals surface area contributed by atoms with Gasteiger partial charge in [0.25, 0.3) is 0 Å². The maximum Gasteiger partial charge on any atom is 0.249 e. The van der Waals surface area contributed by atoms with Crippen molar-refractivity contribution in [1.82, 2.24) is 15.0 Å². The lowest BCUT2D eigenvalue weighted by molar-refractivity contribution is 0.394. The van der Waals surface area contributed by atoms with E-state index in [1.165, 1.54) is 31.7 Å². The number of rotatable bonds is 2. The maximum absolute atomic E-state index is 11.3. The number of aromatic nitrogens is 3. The van der Waals surface area contributed by atoms with Gasteiger partial charge in [-0.2, -0.15) is 0 Å². The van der Waals surface area contributed by atoms with Crippen LogP contribution in [-0.4, -0.2) is 28.0 Å². The zero-order valence-electron chi connectivity index (χ0n) is 11.1. The van der Waals surface area contributed by atoms with Crippen LogP contribution in [0.25, 0.3) is 11.0 Å². The van der Waals surface area contributed by atoms with Gasteiger partial charge in [0.1, 0.15) is 17.8 Å². The van der Waals surface area contributed by atoms with Gasteiger partial charge < -0.3 is 9.88 Å². The van der Waals surface area contributed by atoms with Gasteiger partial charge in [-0.25, -0.2) is 9.97 Å². The summed E-state index contributed by atoms with van der Waals surface area (Å²) in [6.45, 7) is 4.32. The number of nitrogens with one attached hydrogen (secondary N) is 1. The summed E-state index contributed by atoms with van der Waals surface area (Å²) >= 11 is 0. The van der Waals surface area contributed by atoms with E-state index in [9.17, 15) is 4.79 Å². The maximum atomic E-state index is 11.3. The fourth-order valence-electron chi connectivity index (χ4n) is 2.76. The fourth-order valence-corrected chi connectivity index (χ4v) is 2.76. The van der Waals surface area contributed by atoms with Crippen LogP contribution in [0.3, 0.4) is 0 Å². The van der Waals surface area contributed by atoms with Crippen LogP contribution in [0.15, 0.2) is 23.3 Å². The molecule has 100 valence electrons. The lowest BCUT2D eigenvalue weighted by atomic mass is 9.94. The lowest BCUT2D eigenvalue weighted by Gasteiger charge is -2.32. The highest BCUT2D eigenvalue weighted by molar-refractivity contribution is 5.86. The lowest BCUT2D eigenvalue weighted by Crippen LogP contribution is -2.34. The summed E-state index contributed by atoms with van der Waals surface area (Å²) in [4.78, 5) is 24.9. The summed E-state index contributed by atoms with van der Waals surface area (Å²) in [5, 5.41) is 0.928. The van der Waals surface area contributed by atoms with Crippen LogP contribution in [-0.2, 0) is 0 Å². The summed E-state index contributed by atoms with van der Waals surface area (Å²) in [6, 6.07) is 3.35. The normalized spacial score (nSPS) is 17.0. The van der Waals surface area contributed by atoms with Gasteiger partial charge >= 0.3 is 0 Å². The molecule has 5 heteroatoms. The molecule has 0 bridgehead atoms. The van der Waals surface area contributed by atoms with Crippen molar-refractivity contribution in [3.8, 4) is 0 Å². The molecule has 5 nitrogen and oxygen atoms in total. The molecule has 0 saturated carbocycles. The molecule has 0 amide bonds. The van der Waals surface area contributed by atoms with Gasteiger partial charge in [0.05, 0.1) is 5.39 Å². The Hall–Kier alpha value is -1.91. The molecule has 3 rings (SSSR count). The fraction of sp³-hybridized carbons (Fsp3) is 0.500. The van der Waals surface area contributed by atoms with E-state index >= 15 is 0 Å². The van der Waals surface area contributed by atoms with Crippen molar-refractivity contribution in [3.05, 3.63) is 28.8 Å². The van der Waals surface area contributed by atoms with Gasteiger partial charge in [0.15, 0.2) is 0 Å². The van der Waals surface area contributed by atoms with E-state index in [2.05, 4.69) is 26.8 Å². The first-order chi connectivity index (χ1) is 9.28. The second-order valence-corrected chi connectivity index (χ2v) is 5.12. The van der Waals surface area contributed by atoms with Crippen LogP contribution in [0.5, 0.6) is 0 Å². The summed E-state index contributed by atoms with van der Waals surface area (Å²) in [5.41, 5.74) is 0.497. The van der Waals surface area contributed by atoms with E-state index in [-0.39, 0.29) is 5.56 Å². The standard InChI is InChI=1S/C14H18N4O/c1-2-10-5-7-18(8-6-10)14-11-3-4-12(19)17-13(11)15-9-16-14/h3-4,9-10H,2,5-8H2,1H3,(H,15,16,17,19). The Labute approximate surface area is 111 Å². The molecule has 0 aliphatic carbocycles. The van der Waals surface area contributed by atoms with Gasteiger partial charge in [0.2, 0.25) is 5.56 Å². The Morgan fingerprint density at radius 2 is 2.11 bits per heavy atom. The quantitative estimate of drug-likeness (QED) is 0.894. The second-order valence-electron chi connectivity index (χ2n) is 5.12. The minimum absolute atomic E-state index is 0.123. The zero-order valence-corrected chi connectivity index (χ0v) is 11.1. The minimum Gasteiger partial charge on any atom is -0.356 e. The summed E-state index contributed by atoms with van der Waals surface area (Å²) in [7, 11) is 0. The molecule has 0 radical (unpaired) electrons. The van der Waals surface area contributed by atoms with Crippen LogP contribution in [0.1, 0.15) is 26.2 Å². The number of aromatic amines is 1. The van der Waals surface area contributed by atoms with Gasteiger partial charge in [-0.15, -0.1) is 0 Å². The molecular formula is C14H18N4O. The van der Waals surface area contributed by atoms with Crippen LogP contribution in [0.2, 0.25) is 0 Å². The van der Waals surface area contributed by atoms with Crippen molar-refractivity contribution in [2.24, 2.45) is 5.92 Å². The van der Waals surface area contributed by atoms with Gasteiger partial charge in [0, 0.05) is 19.2 Å². The van der Waals surface area contributed by atoms with Crippen molar-refractivity contribution in [3.63, 3.8) is 0 Å². The molecule has 2 aromatic heterocycles. The molecule has 0 atom stereocenters. The van der Waals surface area contributed by atoms with Gasteiger partial charge in [-0.3, -0.25) is 4.79 Å². The number of hydrogen-bond donors (Lipinski definition) is 1. The molecule has 1 aliphatic rings. The Morgan fingerprint density at radius 3 is 2.84 bits per heavy atom. The molecule has 19 heavy (non-hydrogen) atoms. The Morgan fingerprint density at radius 1 is 1.32 bits per heavy atom. The van der Waals surface area contributed by atoms with E-state index in [1.54, 1.807) is 0 Å². The van der Waals surface area contributed by atoms with Crippen molar-refractivity contribution >= 4 is 16.9 Å². The number of hydrogen-bond acceptors (Lipinski definition) is 4. The van der Waals surface area contributed by atoms with Gasteiger partial charge in [-0.05, 0) is 24.8 Å². The predicted octanol–water partition coefficient (Wildman–Crippen LogP) is 1.94. The molecule has 3 heterocycles. The van der Waals surface area contributed by atoms with Crippen molar-refractivity contribution in [2.75, 3.05) is 18.0 Å². The van der Waals surface area contributed by atoms with E-state index in [4.69, 9.17) is 0 Å². The third kappa shape index (κ3) is 2.32. The molecule has 1 N–H and O–H groups in total. The number of H-pyrrole nitrogens is 1. The van der Waals surface area contributed by atoms with E-state index in [0.29, 0.717) is 5.65 Å². The molecule has 0 spiro atoms. The topological polar surface area (TPSA) is 61.9 Å². The number of fused-ring (bicyclic) bond motifs is 1. The minimum atomic E-state index is -0.123. The molecule has 1 aliphatic heterocycles. The largest absolute Gasteiger partial charge is 0.356 e. The average molecular weight is 258 g/mol. The number of pyridine rings is 1. The average Bonchev–Trinajstić information content (AvgIpc) is 2.46. The first-order valence-corrected chi connectivity index (χ1v) is 6.87. The van der Waals surface area contributed by atoms with E-state index in [1.807, 2.05) is 6.07 Å². The Kier molecular flexibility index (Phi) is 3.19. The number of anilines is 1. The van der Waals surface area contributed by atoms with Crippen LogP contribution in [0, 0.1) is 5.92 Å². The smallest absolute Gasteiger partial charge is 0.249 e. The van der Waals surface area contributed by atoms with Crippen molar-refractivity contribution < 1.29 is 0 Å². The van der Waals surface area contributed by atoms with Crippen LogP contribution in [0.4, 0.5) is 5.82 Å². The predicted molar refractivity (Wildman–Crippen MR) is 75.4 cm³/mol. The summed E-state index contributed by atoms with van der Waals surface area (Å²) < 4.78 is 0. The first kappa shape index (κ1) is 12.1. The van der Waals surface area contributed by atoms with Crippen LogP contribution < -0.4 is 10.5 Å². The highest BCUT2D eigenvalue weighted by Crippen LogP contribution is 2.27. The van der Waals surface area contributed by atoms with Gasteiger partial charge in [-0.1, -0.05) is 13.3 Å². The number of piperidine rings is 1. The zero-order chi connectivity index (χ0) is 13.2. The highest BCUT2D eigenvalue weighted by atomic mass is 16.1. The monoisotopic (exact) mass is 258 g/mol. The summed E-state index contributed by atoms with van der Waals surface area (Å²) in [5.74, 6) is 1.78. The van der Waals surface area contributed by atoms with Crippen LogP contribution >= 0.6 is 0 Å². The molecule has 0 unspecified atom stereocenters. The second kappa shape index (κ2) is 4.99. The third-order valence-corrected chi connectivity index (χ3v) is 4.00. The van der Waals surface area contributed by atoms with E-state index in [0.717, 1.165) is 30.2 Å². The van der Waals surface area contributed by atoms with Crippen molar-refractivity contribution in [1.29, 1.82) is 0 Å². The molecule has 2 aromatic rings. The first-order valence-electron chi connectivity index (χ1n) is 6.87. The molecule has 1 saturated heterocycles. The number of nitrogens with zero attached hydrogens (tertiary/aromatic N) is 3. The van der Waals surface area contributed by atoms with Crippen molar-refractivity contribution in [2.45, 2.75) is 26.2 Å². The molecule has 1 fully saturated rings. The SMILES string of the molecule is CCC1CCN(c2ncnc3[nH]c(=O)ccc23)CC1. The Balaban J connectivity index is 1.95. The highest BCUT2D eigenvalue weighted by Gasteiger charge is 2.20. The molecular weight excluding hydrogens is 240 g/mol.